The van der Waals surface area contributed by atoms with E-state index in [1.165, 1.54) is 49.7 Å². The molecule has 0 N–H and O–H groups in total. The fourth-order valence-corrected chi connectivity index (χ4v) is 26.7. The first-order valence-electron chi connectivity index (χ1n) is 15.5. The quantitative estimate of drug-likeness (QED) is 0.169. The molecule has 0 saturated carbocycles. The molecule has 0 aliphatic carbocycles. The van der Waals surface area contributed by atoms with Gasteiger partial charge in [-0.1, -0.05) is 6.92 Å². The topological polar surface area (TPSA) is 36.9 Å². The molecule has 1 aromatic carbocycles. The predicted octanol–water partition coefficient (Wildman–Crippen LogP) is 8.32. The molecule has 0 amide bonds. The zero-order chi connectivity index (χ0) is 27.9. The van der Waals surface area contributed by atoms with Crippen LogP contribution in [0.4, 0.5) is 0 Å². The third kappa shape index (κ3) is 7.82. The molecule has 4 nitrogen and oxygen atoms in total. The second-order valence-electron chi connectivity index (χ2n) is 12.6. The van der Waals surface area contributed by atoms with Gasteiger partial charge in [0, 0.05) is 5.41 Å². The van der Waals surface area contributed by atoms with Crippen molar-refractivity contribution in [3.05, 3.63) is 45.8 Å². The van der Waals surface area contributed by atoms with Crippen molar-refractivity contribution in [2.45, 2.75) is 112 Å². The minimum atomic E-state index is -2.36. The normalized spacial score (nSPS) is 22.9. The van der Waals surface area contributed by atoms with E-state index < -0.39 is 24.4 Å². The van der Waals surface area contributed by atoms with Crippen LogP contribution in [-0.2, 0) is 27.1 Å². The Bertz CT molecular complexity index is 1020. The van der Waals surface area contributed by atoms with Crippen LogP contribution >= 0.6 is 11.3 Å². The summed E-state index contributed by atoms with van der Waals surface area (Å²) in [4.78, 5) is 1.61. The van der Waals surface area contributed by atoms with E-state index in [0.29, 0.717) is 19.8 Å². The molecule has 218 valence electrons. The second kappa shape index (κ2) is 14.0. The molecule has 1 aromatic heterocycles. The molecule has 3 aliphatic rings. The number of benzene rings is 1. The summed E-state index contributed by atoms with van der Waals surface area (Å²) in [5.74, 6) is -0.179. The SMILES string of the molecule is CCC[CH2][Sn]([CH2]CCC)([CH2]CCC)[c]1cc(C)c(CCc2ccc(OCC34OCC(C)(CO3)CO4)c(C)c2)s1. The molecule has 5 rings (SSSR count). The molecule has 3 aliphatic heterocycles. The fourth-order valence-electron chi connectivity index (χ4n) is 6.00. The first-order chi connectivity index (χ1) is 18.8. The van der Waals surface area contributed by atoms with Crippen LogP contribution in [0.15, 0.2) is 24.3 Å². The van der Waals surface area contributed by atoms with Gasteiger partial charge in [-0.3, -0.25) is 0 Å². The number of rotatable bonds is 16. The van der Waals surface area contributed by atoms with Crippen LogP contribution in [0.5, 0.6) is 5.75 Å². The van der Waals surface area contributed by atoms with Crippen LogP contribution in [-0.4, -0.2) is 50.8 Å². The average Bonchev–Trinajstić information content (AvgIpc) is 3.33. The molecule has 2 bridgehead atoms. The van der Waals surface area contributed by atoms with Gasteiger partial charge in [-0.2, -0.15) is 0 Å². The molecule has 6 heteroatoms. The number of ether oxygens (including phenoxy) is 4. The predicted molar refractivity (Wildman–Crippen MR) is 166 cm³/mol. The molecule has 4 heterocycles. The summed E-state index contributed by atoms with van der Waals surface area (Å²) in [5.41, 5.74) is 4.03. The van der Waals surface area contributed by atoms with Crippen molar-refractivity contribution in [3.63, 3.8) is 0 Å². The van der Waals surface area contributed by atoms with Crippen molar-refractivity contribution in [2.24, 2.45) is 5.41 Å². The molecule has 0 atom stereocenters. The Balaban J connectivity index is 1.39. The molecule has 0 radical (unpaired) electrons. The Morgan fingerprint density at radius 2 is 1.41 bits per heavy atom. The van der Waals surface area contributed by atoms with Crippen LogP contribution in [0.1, 0.15) is 87.8 Å². The first-order valence-corrected chi connectivity index (χ1v) is 23.8. The molecule has 0 unspecified atom stereocenters. The Labute approximate surface area is 246 Å². The molecular formula is C33H52O4SSn. The van der Waals surface area contributed by atoms with E-state index in [2.05, 4.69) is 77.1 Å². The number of thiophene rings is 1. The summed E-state index contributed by atoms with van der Waals surface area (Å²) in [7, 11) is 0. The van der Waals surface area contributed by atoms with Crippen molar-refractivity contribution in [1.82, 2.24) is 0 Å². The Kier molecular flexibility index (Phi) is 11.3. The second-order valence-corrected chi connectivity index (χ2v) is 27.9. The standard InChI is InChI=1S/C21H25O4S.3C4H9.Sn/c1-15-8-9-26-19(15)7-5-17-4-6-18(16(2)10-17)22-14-21-23-11-20(3,12-24-21)13-25-21;3*1-3-4-2;/h4,6,8,10H,5,7,11-14H2,1-3H3;3*1,3-4H2,2H3;. The van der Waals surface area contributed by atoms with Crippen LogP contribution in [0.3, 0.4) is 0 Å². The molecule has 0 spiro atoms. The van der Waals surface area contributed by atoms with Crippen molar-refractivity contribution in [2.75, 3.05) is 26.4 Å². The van der Waals surface area contributed by atoms with Crippen molar-refractivity contribution in [3.8, 4) is 5.75 Å². The van der Waals surface area contributed by atoms with Gasteiger partial charge < -0.3 is 14.2 Å². The maximum atomic E-state index is 6.14. The number of unbranched alkanes of at least 4 members (excludes halogenated alkanes) is 3. The van der Waals surface area contributed by atoms with E-state index in [1.807, 2.05) is 2.89 Å². The minimum absolute atomic E-state index is 0.0354. The molecule has 3 saturated heterocycles. The summed E-state index contributed by atoms with van der Waals surface area (Å²) >= 11 is -0.156. The third-order valence-corrected chi connectivity index (χ3v) is 28.3. The van der Waals surface area contributed by atoms with Gasteiger partial charge >= 0.3 is 201 Å². The first kappa shape index (κ1) is 31.3. The van der Waals surface area contributed by atoms with E-state index in [9.17, 15) is 0 Å². The number of hydrogen-bond donors (Lipinski definition) is 0. The van der Waals surface area contributed by atoms with E-state index in [-0.39, 0.29) is 12.0 Å². The van der Waals surface area contributed by atoms with Crippen LogP contribution < -0.4 is 7.63 Å². The van der Waals surface area contributed by atoms with Crippen LogP contribution in [0.25, 0.3) is 0 Å². The summed E-state index contributed by atoms with van der Waals surface area (Å²) in [6.07, 6.45) is 10.5. The van der Waals surface area contributed by atoms with Crippen molar-refractivity contribution >= 4 is 32.6 Å². The maximum absolute atomic E-state index is 6.14. The zero-order valence-corrected chi connectivity index (χ0v) is 29.1. The summed E-state index contributed by atoms with van der Waals surface area (Å²) in [6.45, 7) is 15.9. The third-order valence-electron chi connectivity index (χ3n) is 8.78. The van der Waals surface area contributed by atoms with Gasteiger partial charge in [0.05, 0.1) is 19.8 Å². The van der Waals surface area contributed by atoms with Crippen molar-refractivity contribution < 1.29 is 18.9 Å². The van der Waals surface area contributed by atoms with E-state index in [0.717, 1.165) is 24.2 Å². The van der Waals surface area contributed by atoms with Gasteiger partial charge in [-0.25, -0.2) is 0 Å². The van der Waals surface area contributed by atoms with Gasteiger partial charge in [0.1, 0.15) is 0 Å². The van der Waals surface area contributed by atoms with Crippen LogP contribution in [0, 0.1) is 19.3 Å². The van der Waals surface area contributed by atoms with E-state index in [1.54, 1.807) is 18.2 Å². The van der Waals surface area contributed by atoms with Gasteiger partial charge in [-0.15, -0.1) is 0 Å². The number of aryl methyl sites for hydroxylation is 4. The zero-order valence-electron chi connectivity index (χ0n) is 25.5. The van der Waals surface area contributed by atoms with E-state index in [4.69, 9.17) is 18.9 Å². The fraction of sp³-hybridized carbons (Fsp3) is 0.697. The van der Waals surface area contributed by atoms with Gasteiger partial charge in [0.2, 0.25) is 0 Å². The van der Waals surface area contributed by atoms with Crippen molar-refractivity contribution in [1.29, 1.82) is 0 Å². The molecule has 39 heavy (non-hydrogen) atoms. The molecular weight excluding hydrogens is 611 g/mol. The summed E-state index contributed by atoms with van der Waals surface area (Å²) in [6, 6.07) is 9.25. The van der Waals surface area contributed by atoms with Gasteiger partial charge in [-0.05, 0) is 0 Å². The number of fused-ring (bicyclic) bond motifs is 3. The average molecular weight is 664 g/mol. The summed E-state index contributed by atoms with van der Waals surface area (Å²) < 4.78 is 30.3. The Morgan fingerprint density at radius 1 is 0.821 bits per heavy atom. The van der Waals surface area contributed by atoms with Gasteiger partial charge in [0.25, 0.3) is 0 Å². The van der Waals surface area contributed by atoms with E-state index >= 15 is 0 Å². The number of hydrogen-bond acceptors (Lipinski definition) is 5. The monoisotopic (exact) mass is 664 g/mol. The Morgan fingerprint density at radius 3 is 1.95 bits per heavy atom. The van der Waals surface area contributed by atoms with Crippen LogP contribution in [0.2, 0.25) is 13.3 Å². The molecule has 3 fully saturated rings. The van der Waals surface area contributed by atoms with Gasteiger partial charge in [0.15, 0.2) is 0 Å². The summed E-state index contributed by atoms with van der Waals surface area (Å²) in [5, 5.41) is 0. The molecule has 2 aromatic rings. The Hall–Kier alpha value is -0.601.